The lowest BCUT2D eigenvalue weighted by Gasteiger charge is -2.27. The van der Waals surface area contributed by atoms with E-state index in [2.05, 4.69) is 44.7 Å². The summed E-state index contributed by atoms with van der Waals surface area (Å²) < 4.78 is 1.97. The van der Waals surface area contributed by atoms with Crippen molar-refractivity contribution >= 4 is 0 Å². The van der Waals surface area contributed by atoms with Crippen molar-refractivity contribution in [3.05, 3.63) is 11.6 Å². The fourth-order valence-corrected chi connectivity index (χ4v) is 1.44. The van der Waals surface area contributed by atoms with Crippen LogP contribution in [0.2, 0.25) is 0 Å². The molecule has 1 heterocycles. The van der Waals surface area contributed by atoms with Gasteiger partial charge in [0, 0.05) is 18.9 Å². The quantitative estimate of drug-likeness (QED) is 0.848. The predicted octanol–water partition coefficient (Wildman–Crippen LogP) is 1.78. The molecule has 92 valence electrons. The molecule has 1 atom stereocenters. The molecule has 0 aliphatic carbocycles. The Morgan fingerprint density at radius 2 is 1.88 bits per heavy atom. The van der Waals surface area contributed by atoms with Crippen LogP contribution in [0, 0.1) is 5.41 Å². The summed E-state index contributed by atoms with van der Waals surface area (Å²) in [6, 6.07) is 0.101. The summed E-state index contributed by atoms with van der Waals surface area (Å²) in [6.45, 7) is 11.4. The molecule has 0 spiro atoms. The molecule has 1 aromatic heterocycles. The highest BCUT2D eigenvalue weighted by Crippen LogP contribution is 2.19. The third kappa shape index (κ3) is 3.04. The van der Waals surface area contributed by atoms with Crippen LogP contribution in [-0.2, 0) is 19.4 Å². The van der Waals surface area contributed by atoms with Crippen molar-refractivity contribution in [2.75, 3.05) is 0 Å². The molecule has 1 rings (SSSR count). The third-order valence-corrected chi connectivity index (χ3v) is 2.91. The highest BCUT2D eigenvalue weighted by molar-refractivity contribution is 4.94. The Morgan fingerprint density at radius 3 is 2.31 bits per heavy atom. The Hall–Kier alpha value is -0.900. The molecule has 1 unspecified atom stereocenters. The number of aryl methyl sites for hydroxylation is 2. The van der Waals surface area contributed by atoms with Crippen LogP contribution in [0.1, 0.15) is 46.3 Å². The van der Waals surface area contributed by atoms with Gasteiger partial charge < -0.3 is 5.73 Å². The van der Waals surface area contributed by atoms with Crippen molar-refractivity contribution in [3.63, 3.8) is 0 Å². The van der Waals surface area contributed by atoms with Gasteiger partial charge in [0.2, 0.25) is 0 Å². The van der Waals surface area contributed by atoms with E-state index >= 15 is 0 Å². The number of nitrogens with two attached hydrogens (primary N) is 1. The van der Waals surface area contributed by atoms with E-state index in [1.807, 2.05) is 4.68 Å². The van der Waals surface area contributed by atoms with E-state index in [-0.39, 0.29) is 11.5 Å². The first-order valence-electron chi connectivity index (χ1n) is 6.06. The lowest BCUT2D eigenvalue weighted by Crippen LogP contribution is -2.39. The maximum Gasteiger partial charge on any atom is 0.150 e. The summed E-state index contributed by atoms with van der Waals surface area (Å²) in [5, 5.41) is 4.48. The van der Waals surface area contributed by atoms with Gasteiger partial charge in [0.1, 0.15) is 5.82 Å². The lowest BCUT2D eigenvalue weighted by molar-refractivity contribution is 0.280. The minimum atomic E-state index is 0.101. The molecule has 1 aromatic rings. The topological polar surface area (TPSA) is 56.7 Å². The van der Waals surface area contributed by atoms with Gasteiger partial charge in [-0.3, -0.25) is 0 Å². The molecule has 0 aliphatic heterocycles. The van der Waals surface area contributed by atoms with E-state index in [4.69, 9.17) is 5.73 Å². The second-order valence-electron chi connectivity index (χ2n) is 5.31. The molecule has 2 N–H and O–H groups in total. The molecule has 0 aliphatic rings. The van der Waals surface area contributed by atoms with Gasteiger partial charge in [0.15, 0.2) is 5.82 Å². The number of hydrogen-bond acceptors (Lipinski definition) is 3. The summed E-state index contributed by atoms with van der Waals surface area (Å²) >= 11 is 0. The van der Waals surface area contributed by atoms with Gasteiger partial charge in [0.25, 0.3) is 0 Å². The van der Waals surface area contributed by atoms with Crippen LogP contribution in [-0.4, -0.2) is 20.8 Å². The molecule has 0 saturated carbocycles. The molecule has 4 heteroatoms. The number of hydrogen-bond donors (Lipinski definition) is 1. The monoisotopic (exact) mass is 224 g/mol. The van der Waals surface area contributed by atoms with Gasteiger partial charge in [-0.15, -0.1) is 0 Å². The first-order valence-corrected chi connectivity index (χ1v) is 6.06. The summed E-state index contributed by atoms with van der Waals surface area (Å²) in [5.41, 5.74) is 6.27. The van der Waals surface area contributed by atoms with Crippen LogP contribution in [0.15, 0.2) is 0 Å². The first kappa shape index (κ1) is 13.2. The van der Waals surface area contributed by atoms with Gasteiger partial charge in [-0.25, -0.2) is 9.67 Å². The number of rotatable bonds is 4. The Morgan fingerprint density at radius 1 is 1.25 bits per heavy atom. The van der Waals surface area contributed by atoms with Crippen LogP contribution >= 0.6 is 0 Å². The minimum absolute atomic E-state index is 0.101. The molecule has 0 radical (unpaired) electrons. The molecule has 0 bridgehead atoms. The zero-order chi connectivity index (χ0) is 12.3. The molecular weight excluding hydrogens is 200 g/mol. The molecule has 0 fully saturated rings. The average Bonchev–Trinajstić information content (AvgIpc) is 2.59. The smallest absolute Gasteiger partial charge is 0.150 e. The Labute approximate surface area is 98.2 Å². The number of aromatic nitrogens is 3. The highest BCUT2D eigenvalue weighted by atomic mass is 15.4. The van der Waals surface area contributed by atoms with Gasteiger partial charge >= 0.3 is 0 Å². The van der Waals surface area contributed by atoms with Gasteiger partial charge in [-0.1, -0.05) is 34.6 Å². The van der Waals surface area contributed by atoms with Crippen LogP contribution in [0.4, 0.5) is 0 Å². The fraction of sp³-hybridized carbons (Fsp3) is 0.833. The maximum absolute atomic E-state index is 6.17. The van der Waals surface area contributed by atoms with Gasteiger partial charge in [-0.2, -0.15) is 5.10 Å². The summed E-state index contributed by atoms with van der Waals surface area (Å²) in [6.07, 6.45) is 1.79. The molecule has 0 saturated heterocycles. The van der Waals surface area contributed by atoms with E-state index < -0.39 is 0 Å². The Kier molecular flexibility index (Phi) is 4.08. The Balaban J connectivity index is 2.83. The molecular formula is C12H24N4. The van der Waals surface area contributed by atoms with Crippen molar-refractivity contribution in [1.82, 2.24) is 14.8 Å². The predicted molar refractivity (Wildman–Crippen MR) is 66.2 cm³/mol. The standard InChI is InChI=1S/C12H24N4/c1-6-10-14-11(7-2)16(15-10)8-9(13)12(3,4)5/h9H,6-8,13H2,1-5H3. The van der Waals surface area contributed by atoms with Crippen LogP contribution in [0.5, 0.6) is 0 Å². The molecule has 0 aromatic carbocycles. The summed E-state index contributed by atoms with van der Waals surface area (Å²) in [5.74, 6) is 1.95. The second-order valence-corrected chi connectivity index (χ2v) is 5.31. The molecule has 0 amide bonds. The zero-order valence-corrected chi connectivity index (χ0v) is 11.1. The summed E-state index contributed by atoms with van der Waals surface area (Å²) in [7, 11) is 0. The Bertz CT molecular complexity index is 335. The highest BCUT2D eigenvalue weighted by Gasteiger charge is 2.22. The van der Waals surface area contributed by atoms with E-state index in [1.165, 1.54) is 0 Å². The third-order valence-electron chi connectivity index (χ3n) is 2.91. The fourth-order valence-electron chi connectivity index (χ4n) is 1.44. The first-order chi connectivity index (χ1) is 7.38. The van der Waals surface area contributed by atoms with E-state index in [0.717, 1.165) is 31.0 Å². The minimum Gasteiger partial charge on any atom is -0.326 e. The average molecular weight is 224 g/mol. The summed E-state index contributed by atoms with van der Waals surface area (Å²) in [4.78, 5) is 4.48. The maximum atomic E-state index is 6.17. The van der Waals surface area contributed by atoms with Crippen LogP contribution in [0.3, 0.4) is 0 Å². The number of nitrogens with zero attached hydrogens (tertiary/aromatic N) is 3. The van der Waals surface area contributed by atoms with E-state index in [9.17, 15) is 0 Å². The van der Waals surface area contributed by atoms with Crippen molar-refractivity contribution in [1.29, 1.82) is 0 Å². The lowest BCUT2D eigenvalue weighted by atomic mass is 9.87. The normalized spacial score (nSPS) is 14.1. The van der Waals surface area contributed by atoms with Crippen LogP contribution < -0.4 is 5.73 Å². The van der Waals surface area contributed by atoms with E-state index in [0.29, 0.717) is 0 Å². The molecule has 4 nitrogen and oxygen atoms in total. The van der Waals surface area contributed by atoms with Crippen molar-refractivity contribution in [2.24, 2.45) is 11.1 Å². The van der Waals surface area contributed by atoms with Gasteiger partial charge in [-0.05, 0) is 5.41 Å². The van der Waals surface area contributed by atoms with Gasteiger partial charge in [0.05, 0.1) is 6.54 Å². The largest absolute Gasteiger partial charge is 0.326 e. The van der Waals surface area contributed by atoms with Crippen molar-refractivity contribution in [2.45, 2.75) is 60.0 Å². The molecule has 16 heavy (non-hydrogen) atoms. The van der Waals surface area contributed by atoms with E-state index in [1.54, 1.807) is 0 Å². The SMILES string of the molecule is CCc1nc(CC)n(CC(N)C(C)(C)C)n1. The van der Waals surface area contributed by atoms with Crippen molar-refractivity contribution < 1.29 is 0 Å². The second kappa shape index (κ2) is 4.95. The zero-order valence-electron chi connectivity index (χ0n) is 11.1. The van der Waals surface area contributed by atoms with Crippen molar-refractivity contribution in [3.8, 4) is 0 Å². The van der Waals surface area contributed by atoms with Crippen LogP contribution in [0.25, 0.3) is 0 Å².